The van der Waals surface area contributed by atoms with Crippen LogP contribution in [-0.2, 0) is 19.0 Å². The Bertz CT molecular complexity index is 263. The molecule has 0 aromatic heterocycles. The van der Waals surface area contributed by atoms with Gasteiger partial charge < -0.3 is 24.4 Å². The maximum absolute atomic E-state index is 10.7. The van der Waals surface area contributed by atoms with Crippen LogP contribution in [0, 0.1) is 0 Å². The molecule has 0 amide bonds. The molecule has 0 aliphatic carbocycles. The largest absolute Gasteiger partial charge is 0.479 e. The summed E-state index contributed by atoms with van der Waals surface area (Å²) in [5.41, 5.74) is 0. The average molecular weight is 204 g/mol. The van der Waals surface area contributed by atoms with Gasteiger partial charge in [-0.2, -0.15) is 0 Å². The molecule has 2 rings (SSSR count). The van der Waals surface area contributed by atoms with Gasteiger partial charge in [-0.25, -0.2) is 4.79 Å². The monoisotopic (exact) mass is 204 g/mol. The molecule has 0 spiro atoms. The highest BCUT2D eigenvalue weighted by Gasteiger charge is 2.57. The van der Waals surface area contributed by atoms with Gasteiger partial charge in [0.1, 0.15) is 12.2 Å². The Kier molecular flexibility index (Phi) is 2.04. The van der Waals surface area contributed by atoms with Crippen molar-refractivity contribution in [2.75, 3.05) is 0 Å². The number of aliphatic hydroxyl groups excluding tert-OH is 1. The number of aliphatic carboxylic acids is 1. The smallest absolute Gasteiger partial charge is 0.335 e. The lowest BCUT2D eigenvalue weighted by Gasteiger charge is -2.20. The minimum absolute atomic E-state index is 0.717. The van der Waals surface area contributed by atoms with E-state index >= 15 is 0 Å². The molecule has 4 atom stereocenters. The van der Waals surface area contributed by atoms with Crippen LogP contribution >= 0.6 is 0 Å². The summed E-state index contributed by atoms with van der Waals surface area (Å²) < 4.78 is 15.4. The molecule has 2 N–H and O–H groups in total. The minimum atomic E-state index is -1.23. The zero-order valence-electron chi connectivity index (χ0n) is 7.84. The number of hydrogen-bond donors (Lipinski definition) is 2. The molecule has 2 aliphatic rings. The van der Waals surface area contributed by atoms with Crippen molar-refractivity contribution < 1.29 is 29.2 Å². The molecule has 2 aliphatic heterocycles. The van der Waals surface area contributed by atoms with Gasteiger partial charge in [-0.3, -0.25) is 0 Å². The Labute approximate surface area is 80.4 Å². The van der Waals surface area contributed by atoms with Crippen LogP contribution in [0.5, 0.6) is 0 Å². The van der Waals surface area contributed by atoms with E-state index in [-0.39, 0.29) is 0 Å². The molecule has 6 nitrogen and oxygen atoms in total. The first-order valence-corrected chi connectivity index (χ1v) is 4.33. The van der Waals surface area contributed by atoms with Gasteiger partial charge in [-0.1, -0.05) is 0 Å². The van der Waals surface area contributed by atoms with Crippen LogP contribution in [0.25, 0.3) is 0 Å². The van der Waals surface area contributed by atoms with Crippen LogP contribution in [0.3, 0.4) is 0 Å². The van der Waals surface area contributed by atoms with Crippen LogP contribution in [0.15, 0.2) is 0 Å². The Balaban J connectivity index is 2.19. The summed E-state index contributed by atoms with van der Waals surface area (Å²) >= 11 is 0. The number of fused-ring (bicyclic) bond motifs is 1. The molecule has 2 saturated heterocycles. The summed E-state index contributed by atoms with van der Waals surface area (Å²) in [5.74, 6) is -2.02. The van der Waals surface area contributed by atoms with E-state index in [0.29, 0.717) is 0 Å². The third-order valence-electron chi connectivity index (χ3n) is 2.27. The standard InChI is InChI=1S/C8H12O6/c1-8(2)13-3-4(6(9)10)12-7(11)5(3)14-8/h3-5,7,11H,1-2H3,(H,9,10)/t3-,4+,5-,7?/m0/s1. The van der Waals surface area contributed by atoms with Gasteiger partial charge in [-0.15, -0.1) is 0 Å². The van der Waals surface area contributed by atoms with Crippen molar-refractivity contribution in [1.29, 1.82) is 0 Å². The predicted octanol–water partition coefficient (Wildman–Crippen LogP) is -0.692. The summed E-state index contributed by atoms with van der Waals surface area (Å²) in [6.07, 6.45) is -3.84. The summed E-state index contributed by atoms with van der Waals surface area (Å²) in [6, 6.07) is 0. The Hall–Kier alpha value is -0.690. The third-order valence-corrected chi connectivity index (χ3v) is 2.27. The molecule has 6 heteroatoms. The molecule has 0 saturated carbocycles. The van der Waals surface area contributed by atoms with Gasteiger partial charge in [0.15, 0.2) is 18.2 Å². The molecule has 0 radical (unpaired) electrons. The van der Waals surface area contributed by atoms with Crippen LogP contribution in [-0.4, -0.2) is 46.6 Å². The van der Waals surface area contributed by atoms with Crippen LogP contribution in [0.2, 0.25) is 0 Å². The Morgan fingerprint density at radius 2 is 1.86 bits per heavy atom. The summed E-state index contributed by atoms with van der Waals surface area (Å²) in [7, 11) is 0. The molecule has 80 valence electrons. The lowest BCUT2D eigenvalue weighted by atomic mass is 10.1. The average Bonchev–Trinajstić information content (AvgIpc) is 2.47. The van der Waals surface area contributed by atoms with Crippen molar-refractivity contribution in [3.8, 4) is 0 Å². The van der Waals surface area contributed by atoms with E-state index in [2.05, 4.69) is 0 Å². The number of aliphatic hydroxyl groups is 1. The highest BCUT2D eigenvalue weighted by atomic mass is 16.8. The maximum atomic E-state index is 10.7. The SMILES string of the molecule is CC1(C)O[C@@H]2[C@H](O1)C(O)O[C@H]2C(=O)O. The van der Waals surface area contributed by atoms with Crippen LogP contribution in [0.4, 0.5) is 0 Å². The van der Waals surface area contributed by atoms with Gasteiger partial charge in [0, 0.05) is 0 Å². The first kappa shape index (κ1) is 9.85. The second-order valence-corrected chi connectivity index (χ2v) is 3.85. The first-order chi connectivity index (χ1) is 6.41. The lowest BCUT2D eigenvalue weighted by molar-refractivity contribution is -0.222. The molecule has 2 heterocycles. The van der Waals surface area contributed by atoms with Crippen LogP contribution in [0.1, 0.15) is 13.8 Å². The summed E-state index contributed by atoms with van der Waals surface area (Å²) in [5, 5.41) is 18.1. The number of ether oxygens (including phenoxy) is 3. The lowest BCUT2D eigenvalue weighted by Crippen LogP contribution is -2.35. The zero-order chi connectivity index (χ0) is 10.5. The van der Waals surface area contributed by atoms with E-state index in [1.54, 1.807) is 13.8 Å². The summed E-state index contributed by atoms with van der Waals surface area (Å²) in [6.45, 7) is 3.33. The second kappa shape index (κ2) is 2.90. The number of carboxylic acid groups (broad SMARTS) is 1. The van der Waals surface area contributed by atoms with Gasteiger partial charge in [0.2, 0.25) is 0 Å². The normalized spacial score (nSPS) is 45.1. The minimum Gasteiger partial charge on any atom is -0.479 e. The van der Waals surface area contributed by atoms with Crippen molar-refractivity contribution in [2.45, 2.75) is 44.2 Å². The molecule has 0 aromatic carbocycles. The quantitative estimate of drug-likeness (QED) is 0.588. The number of rotatable bonds is 1. The van der Waals surface area contributed by atoms with Crippen molar-refractivity contribution in [3.63, 3.8) is 0 Å². The topological polar surface area (TPSA) is 85.2 Å². The molecule has 0 aromatic rings. The molecular formula is C8H12O6. The van der Waals surface area contributed by atoms with E-state index in [4.69, 9.17) is 19.3 Å². The van der Waals surface area contributed by atoms with Gasteiger partial charge in [-0.05, 0) is 13.8 Å². The summed E-state index contributed by atoms with van der Waals surface area (Å²) in [4.78, 5) is 10.7. The Morgan fingerprint density at radius 1 is 1.29 bits per heavy atom. The van der Waals surface area contributed by atoms with Gasteiger partial charge in [0.05, 0.1) is 0 Å². The molecule has 0 bridgehead atoms. The second-order valence-electron chi connectivity index (χ2n) is 3.85. The molecular weight excluding hydrogens is 192 g/mol. The van der Waals surface area contributed by atoms with Crippen molar-refractivity contribution in [3.05, 3.63) is 0 Å². The zero-order valence-corrected chi connectivity index (χ0v) is 7.84. The Morgan fingerprint density at radius 3 is 2.43 bits per heavy atom. The first-order valence-electron chi connectivity index (χ1n) is 4.33. The predicted molar refractivity (Wildman–Crippen MR) is 42.3 cm³/mol. The molecule has 14 heavy (non-hydrogen) atoms. The number of carboxylic acids is 1. The molecule has 1 unspecified atom stereocenters. The van der Waals surface area contributed by atoms with Gasteiger partial charge in [0.25, 0.3) is 0 Å². The van der Waals surface area contributed by atoms with Crippen molar-refractivity contribution in [1.82, 2.24) is 0 Å². The molecule has 2 fully saturated rings. The van der Waals surface area contributed by atoms with E-state index in [0.717, 1.165) is 0 Å². The van der Waals surface area contributed by atoms with E-state index < -0.39 is 36.4 Å². The van der Waals surface area contributed by atoms with Gasteiger partial charge >= 0.3 is 5.97 Å². The maximum Gasteiger partial charge on any atom is 0.335 e. The fraction of sp³-hybridized carbons (Fsp3) is 0.875. The highest BCUT2D eigenvalue weighted by Crippen LogP contribution is 2.37. The number of carbonyl (C=O) groups is 1. The number of hydrogen-bond acceptors (Lipinski definition) is 5. The highest BCUT2D eigenvalue weighted by molar-refractivity contribution is 5.73. The fourth-order valence-electron chi connectivity index (χ4n) is 1.78. The third kappa shape index (κ3) is 1.40. The fourth-order valence-corrected chi connectivity index (χ4v) is 1.78. The van der Waals surface area contributed by atoms with Crippen LogP contribution < -0.4 is 0 Å². The van der Waals surface area contributed by atoms with E-state index in [9.17, 15) is 9.90 Å². The van der Waals surface area contributed by atoms with Crippen molar-refractivity contribution in [2.24, 2.45) is 0 Å². The van der Waals surface area contributed by atoms with E-state index in [1.165, 1.54) is 0 Å². The van der Waals surface area contributed by atoms with Crippen molar-refractivity contribution >= 4 is 5.97 Å². The van der Waals surface area contributed by atoms with E-state index in [1.807, 2.05) is 0 Å².